The molecule has 2 N–H and O–H groups in total. The number of phenolic OH excluding ortho intramolecular Hbond substituents is 1. The van der Waals surface area contributed by atoms with Crippen molar-refractivity contribution in [3.05, 3.63) is 70.8 Å². The molecule has 3 nitrogen and oxygen atoms in total. The summed E-state index contributed by atoms with van der Waals surface area (Å²) in [5.74, 6) is 0.259. The Morgan fingerprint density at radius 1 is 1.05 bits per heavy atom. The lowest BCUT2D eigenvalue weighted by Crippen LogP contribution is -2.21. The summed E-state index contributed by atoms with van der Waals surface area (Å²) in [4.78, 5) is 4.72. The van der Waals surface area contributed by atoms with E-state index >= 15 is 0 Å². The van der Waals surface area contributed by atoms with Crippen molar-refractivity contribution in [1.82, 2.24) is 0 Å². The maximum Gasteiger partial charge on any atom is 0.116 e. The Hall–Kier alpha value is -2.68. The molecule has 2 aromatic carbocycles. The largest absolute Gasteiger partial charge is 0.508 e. The number of hydrogen-bond acceptors (Lipinski definition) is 3. The van der Waals surface area contributed by atoms with Gasteiger partial charge in [0.1, 0.15) is 5.75 Å². The molecule has 0 aromatic heterocycles. The number of benzene rings is 2. The summed E-state index contributed by atoms with van der Waals surface area (Å²) in [6, 6.07) is 13.2. The highest BCUT2D eigenvalue weighted by atomic mass is 16.3. The van der Waals surface area contributed by atoms with Crippen LogP contribution in [0.4, 0.5) is 5.69 Å². The van der Waals surface area contributed by atoms with Crippen LogP contribution in [0.2, 0.25) is 0 Å². The molecule has 0 fully saturated rings. The molecule has 1 heterocycles. The Labute approximate surface area is 130 Å². The fourth-order valence-corrected chi connectivity index (χ4v) is 2.83. The van der Waals surface area contributed by atoms with Gasteiger partial charge in [-0.1, -0.05) is 38.1 Å². The van der Waals surface area contributed by atoms with Crippen molar-refractivity contribution in [2.75, 3.05) is 0 Å². The maximum atomic E-state index is 9.58. The lowest BCUT2D eigenvalue weighted by molar-refractivity contribution is 0.474. The summed E-state index contributed by atoms with van der Waals surface area (Å²) in [7, 11) is 0. The lowest BCUT2D eigenvalue weighted by Gasteiger charge is -2.24. The van der Waals surface area contributed by atoms with E-state index in [1.807, 2.05) is 50.3 Å². The van der Waals surface area contributed by atoms with Crippen LogP contribution < -0.4 is 0 Å². The topological polar surface area (TPSA) is 56.4 Å². The van der Waals surface area contributed by atoms with E-state index in [9.17, 15) is 5.11 Å². The molecule has 0 spiro atoms. The van der Waals surface area contributed by atoms with Crippen LogP contribution in [0.5, 0.6) is 5.75 Å². The lowest BCUT2D eigenvalue weighted by atomic mass is 9.83. The van der Waals surface area contributed by atoms with Crippen molar-refractivity contribution in [2.45, 2.75) is 20.3 Å². The van der Waals surface area contributed by atoms with Gasteiger partial charge in [-0.2, -0.15) is 0 Å². The second-order valence-electron chi connectivity index (χ2n) is 5.08. The van der Waals surface area contributed by atoms with Crippen molar-refractivity contribution in [1.29, 1.82) is 5.41 Å². The van der Waals surface area contributed by atoms with Crippen molar-refractivity contribution < 1.29 is 5.11 Å². The first-order valence-corrected chi connectivity index (χ1v) is 7.52. The predicted octanol–water partition coefficient (Wildman–Crippen LogP) is 4.40. The molecule has 1 aliphatic carbocycles. The summed E-state index contributed by atoms with van der Waals surface area (Å²) in [5, 5.41) is 17.7. The highest BCUT2D eigenvalue weighted by Crippen LogP contribution is 2.35. The molecule has 0 saturated carbocycles. The predicted molar refractivity (Wildman–Crippen MR) is 90.7 cm³/mol. The van der Waals surface area contributed by atoms with Gasteiger partial charge in [-0.25, -0.2) is 4.99 Å². The molecule has 22 heavy (non-hydrogen) atoms. The van der Waals surface area contributed by atoms with E-state index in [1.165, 1.54) is 0 Å². The molecule has 0 atom stereocenters. The van der Waals surface area contributed by atoms with Crippen molar-refractivity contribution in [3.63, 3.8) is 0 Å². The van der Waals surface area contributed by atoms with Gasteiger partial charge in [0.2, 0.25) is 0 Å². The van der Waals surface area contributed by atoms with Gasteiger partial charge in [-0.05, 0) is 35.4 Å². The van der Waals surface area contributed by atoms with E-state index in [0.29, 0.717) is 12.1 Å². The first-order valence-electron chi connectivity index (χ1n) is 7.52. The van der Waals surface area contributed by atoms with E-state index in [4.69, 9.17) is 10.4 Å². The van der Waals surface area contributed by atoms with Crippen LogP contribution in [-0.2, 0) is 6.42 Å². The Morgan fingerprint density at radius 2 is 1.77 bits per heavy atom. The molecular formula is C19H18N2O. The molecule has 110 valence electrons. The van der Waals surface area contributed by atoms with Gasteiger partial charge in [0.15, 0.2) is 0 Å². The maximum absolute atomic E-state index is 9.58. The zero-order chi connectivity index (χ0) is 15.7. The summed E-state index contributed by atoms with van der Waals surface area (Å²) in [5.41, 5.74) is 6.39. The van der Waals surface area contributed by atoms with Gasteiger partial charge in [-0.3, -0.25) is 0 Å². The molecule has 2 aromatic rings. The molecule has 2 aliphatic rings. The van der Waals surface area contributed by atoms with Crippen LogP contribution in [0.3, 0.4) is 0 Å². The monoisotopic (exact) mass is 290 g/mol. The minimum atomic E-state index is 0.259. The van der Waals surface area contributed by atoms with E-state index in [2.05, 4.69) is 0 Å². The fourth-order valence-electron chi connectivity index (χ4n) is 2.83. The highest BCUT2D eigenvalue weighted by Gasteiger charge is 2.25. The molecular weight excluding hydrogens is 272 g/mol. The Balaban J connectivity index is 0.000000693. The molecule has 3 heteroatoms. The number of rotatable bonds is 0. The summed E-state index contributed by atoms with van der Waals surface area (Å²) >= 11 is 0. The van der Waals surface area contributed by atoms with Crippen LogP contribution in [-0.4, -0.2) is 16.5 Å². The fraction of sp³-hybridized carbons (Fsp3) is 0.158. The van der Waals surface area contributed by atoms with Crippen LogP contribution in [0.15, 0.2) is 59.1 Å². The normalized spacial score (nSPS) is 14.5. The van der Waals surface area contributed by atoms with E-state index in [0.717, 1.165) is 33.7 Å². The summed E-state index contributed by atoms with van der Waals surface area (Å²) in [6.07, 6.45) is 2.59. The van der Waals surface area contributed by atoms with E-state index in [1.54, 1.807) is 12.1 Å². The number of nitrogens with one attached hydrogen (secondary N) is 1. The molecule has 0 unspecified atom stereocenters. The number of phenols is 1. The third kappa shape index (κ3) is 2.25. The average Bonchev–Trinajstić information content (AvgIpc) is 2.55. The second kappa shape index (κ2) is 5.60. The number of fused-ring (bicyclic) bond motifs is 4. The summed E-state index contributed by atoms with van der Waals surface area (Å²) < 4.78 is 0. The number of nitrogens with zero attached hydrogens (tertiary/aromatic N) is 1. The van der Waals surface area contributed by atoms with Gasteiger partial charge in [0, 0.05) is 17.5 Å². The average molecular weight is 290 g/mol. The van der Waals surface area contributed by atoms with Gasteiger partial charge < -0.3 is 10.5 Å². The van der Waals surface area contributed by atoms with Crippen LogP contribution in [0, 0.1) is 5.41 Å². The van der Waals surface area contributed by atoms with Gasteiger partial charge in [0.05, 0.1) is 17.1 Å². The molecule has 0 saturated heterocycles. The Morgan fingerprint density at radius 3 is 2.55 bits per heavy atom. The van der Waals surface area contributed by atoms with Gasteiger partial charge in [0.25, 0.3) is 0 Å². The van der Waals surface area contributed by atoms with E-state index in [-0.39, 0.29) is 5.75 Å². The molecule has 0 radical (unpaired) electrons. The first-order chi connectivity index (χ1) is 10.7. The van der Waals surface area contributed by atoms with Crippen molar-refractivity contribution in [2.24, 2.45) is 4.99 Å². The Kier molecular flexibility index (Phi) is 3.63. The van der Waals surface area contributed by atoms with Crippen molar-refractivity contribution in [3.8, 4) is 5.75 Å². The number of allylic oxidation sites excluding steroid dienone is 2. The minimum Gasteiger partial charge on any atom is -0.508 e. The zero-order valence-electron chi connectivity index (χ0n) is 12.7. The molecule has 4 rings (SSSR count). The molecule has 1 aliphatic heterocycles. The quantitative estimate of drug-likeness (QED) is 0.742. The van der Waals surface area contributed by atoms with Crippen LogP contribution in [0.25, 0.3) is 0 Å². The second-order valence-corrected chi connectivity index (χ2v) is 5.08. The van der Waals surface area contributed by atoms with Crippen LogP contribution >= 0.6 is 0 Å². The van der Waals surface area contributed by atoms with Crippen LogP contribution in [0.1, 0.15) is 30.5 Å². The first kappa shape index (κ1) is 14.3. The number of aromatic hydroxyl groups is 1. The smallest absolute Gasteiger partial charge is 0.116 e. The summed E-state index contributed by atoms with van der Waals surface area (Å²) in [6.45, 7) is 4.00. The van der Waals surface area contributed by atoms with Gasteiger partial charge >= 0.3 is 0 Å². The standard InChI is InChI=1S/C17H12N2O.C2H6/c18-15-9-11-7-10-8-12(20)5-6-16(10)19-17(11)14-4-2-1-3-13(14)15;1-2/h1-6,8-9,18,20H,7H2;1-2H3. The molecule has 0 amide bonds. The third-order valence-electron chi connectivity index (χ3n) is 3.77. The number of aliphatic imine (C=N–C) groups is 1. The van der Waals surface area contributed by atoms with Crippen molar-refractivity contribution >= 4 is 17.1 Å². The Bertz CT molecular complexity index is 816. The zero-order valence-corrected chi connectivity index (χ0v) is 12.7. The van der Waals surface area contributed by atoms with E-state index < -0.39 is 0 Å². The highest BCUT2D eigenvalue weighted by molar-refractivity contribution is 6.28. The molecule has 0 bridgehead atoms. The third-order valence-corrected chi connectivity index (χ3v) is 3.77. The SMILES string of the molecule is CC.N=C1C=C2Cc3cc(O)ccc3N=C2c2ccccc21. The van der Waals surface area contributed by atoms with Gasteiger partial charge in [-0.15, -0.1) is 0 Å². The minimum absolute atomic E-state index is 0.259. The number of hydrogen-bond donors (Lipinski definition) is 2.